The van der Waals surface area contributed by atoms with Crippen molar-refractivity contribution in [3.8, 4) is 0 Å². The Morgan fingerprint density at radius 2 is 2.07 bits per heavy atom. The molecule has 1 atom stereocenters. The van der Waals surface area contributed by atoms with Crippen molar-refractivity contribution in [1.82, 2.24) is 15.5 Å². The van der Waals surface area contributed by atoms with Crippen LogP contribution in [0.2, 0.25) is 0 Å². The van der Waals surface area contributed by atoms with Crippen LogP contribution in [-0.4, -0.2) is 49.5 Å². The normalized spacial score (nSPS) is 22.8. The summed E-state index contributed by atoms with van der Waals surface area (Å²) in [6.45, 7) is 10.3. The second-order valence-electron chi connectivity index (χ2n) is 8.54. The van der Waals surface area contributed by atoms with E-state index in [1.165, 1.54) is 12.1 Å². The molecule has 156 valence electrons. The number of carbonyl (C=O) groups excluding carboxylic acids is 1. The minimum atomic E-state index is -0.218. The van der Waals surface area contributed by atoms with Gasteiger partial charge in [-0.3, -0.25) is 9.79 Å². The Labute approximate surface area is 184 Å². The zero-order valence-corrected chi connectivity index (χ0v) is 19.4. The molecular formula is C21H32FIN4O. The predicted octanol–water partition coefficient (Wildman–Crippen LogP) is 3.29. The second kappa shape index (κ2) is 9.41. The molecule has 5 nitrogen and oxygen atoms in total. The predicted molar refractivity (Wildman–Crippen MR) is 122 cm³/mol. The Morgan fingerprint density at radius 3 is 2.68 bits per heavy atom. The van der Waals surface area contributed by atoms with Gasteiger partial charge in [0, 0.05) is 43.4 Å². The maximum absolute atomic E-state index is 13.2. The molecule has 1 spiro atoms. The van der Waals surface area contributed by atoms with E-state index in [1.54, 1.807) is 0 Å². The van der Waals surface area contributed by atoms with E-state index in [-0.39, 0.29) is 46.5 Å². The number of halogens is 2. The molecule has 1 unspecified atom stereocenters. The Kier molecular flexibility index (Phi) is 7.70. The summed E-state index contributed by atoms with van der Waals surface area (Å²) in [5.41, 5.74) is 0.925. The van der Waals surface area contributed by atoms with Crippen molar-refractivity contribution in [3.05, 3.63) is 35.6 Å². The number of nitrogens with zero attached hydrogens (tertiary/aromatic N) is 2. The number of amides is 1. The highest BCUT2D eigenvalue weighted by Crippen LogP contribution is 2.36. The number of guanidine groups is 1. The molecular weight excluding hydrogens is 470 g/mol. The molecule has 0 aromatic heterocycles. The molecule has 2 aliphatic rings. The summed E-state index contributed by atoms with van der Waals surface area (Å²) in [5, 5.41) is 6.41. The lowest BCUT2D eigenvalue weighted by molar-refractivity contribution is -0.119. The van der Waals surface area contributed by atoms with E-state index in [1.807, 2.05) is 12.1 Å². The molecule has 7 heteroatoms. The van der Waals surface area contributed by atoms with Crippen molar-refractivity contribution >= 4 is 35.8 Å². The zero-order chi connectivity index (χ0) is 19.5. The number of piperidine rings is 1. The van der Waals surface area contributed by atoms with Gasteiger partial charge in [-0.05, 0) is 37.5 Å². The van der Waals surface area contributed by atoms with E-state index in [4.69, 9.17) is 4.99 Å². The minimum absolute atomic E-state index is 0. The Bertz CT molecular complexity index is 707. The molecule has 0 bridgehead atoms. The molecule has 1 amide bonds. The van der Waals surface area contributed by atoms with Crippen LogP contribution in [0.1, 0.15) is 45.6 Å². The summed E-state index contributed by atoms with van der Waals surface area (Å²) < 4.78 is 13.2. The Morgan fingerprint density at radius 1 is 1.36 bits per heavy atom. The summed E-state index contributed by atoms with van der Waals surface area (Å²) in [6, 6.07) is 6.68. The van der Waals surface area contributed by atoms with Gasteiger partial charge in [0.2, 0.25) is 5.91 Å². The molecule has 28 heavy (non-hydrogen) atoms. The van der Waals surface area contributed by atoms with Crippen molar-refractivity contribution < 1.29 is 9.18 Å². The van der Waals surface area contributed by atoms with Crippen molar-refractivity contribution in [2.75, 3.05) is 32.7 Å². The molecule has 2 saturated heterocycles. The Balaban J connectivity index is 0.00000280. The van der Waals surface area contributed by atoms with Gasteiger partial charge in [-0.25, -0.2) is 4.39 Å². The fraction of sp³-hybridized carbons (Fsp3) is 0.619. The highest BCUT2D eigenvalue weighted by Gasteiger charge is 2.42. The summed E-state index contributed by atoms with van der Waals surface area (Å²) in [5.74, 6) is 0.854. The number of rotatable bonds is 4. The molecule has 0 aliphatic carbocycles. The lowest BCUT2D eigenvalue weighted by Crippen LogP contribution is -2.51. The van der Waals surface area contributed by atoms with E-state index in [2.05, 4.69) is 36.3 Å². The van der Waals surface area contributed by atoms with E-state index in [9.17, 15) is 9.18 Å². The quantitative estimate of drug-likeness (QED) is 0.378. The van der Waals surface area contributed by atoms with Gasteiger partial charge in [0.15, 0.2) is 5.96 Å². The van der Waals surface area contributed by atoms with Crippen LogP contribution >= 0.6 is 24.0 Å². The van der Waals surface area contributed by atoms with Gasteiger partial charge in [0.1, 0.15) is 5.82 Å². The maximum atomic E-state index is 13.2. The largest absolute Gasteiger partial charge is 0.357 e. The smallest absolute Gasteiger partial charge is 0.220 e. The number of likely N-dealkylation sites (tertiary alicyclic amines) is 1. The average Bonchev–Trinajstić information content (AvgIpc) is 2.98. The van der Waals surface area contributed by atoms with Gasteiger partial charge in [-0.15, -0.1) is 24.0 Å². The summed E-state index contributed by atoms with van der Waals surface area (Å²) in [6.07, 6.45) is 2.77. The molecule has 0 radical (unpaired) electrons. The van der Waals surface area contributed by atoms with Gasteiger partial charge < -0.3 is 15.5 Å². The monoisotopic (exact) mass is 502 g/mol. The van der Waals surface area contributed by atoms with Crippen molar-refractivity contribution in [1.29, 1.82) is 0 Å². The molecule has 0 saturated carbocycles. The third kappa shape index (κ3) is 5.36. The Hall–Kier alpha value is -1.38. The fourth-order valence-electron chi connectivity index (χ4n) is 4.12. The van der Waals surface area contributed by atoms with E-state index in [0.717, 1.165) is 50.5 Å². The van der Waals surface area contributed by atoms with Crippen molar-refractivity contribution in [2.24, 2.45) is 10.4 Å². The first-order chi connectivity index (χ1) is 12.8. The number of nitrogens with one attached hydrogen (secondary N) is 2. The molecule has 2 N–H and O–H groups in total. The number of benzene rings is 1. The van der Waals surface area contributed by atoms with Gasteiger partial charge in [-0.1, -0.05) is 26.0 Å². The van der Waals surface area contributed by atoms with Gasteiger partial charge in [0.25, 0.3) is 0 Å². The number of carbonyl (C=O) groups is 1. The second-order valence-corrected chi connectivity index (χ2v) is 8.54. The topological polar surface area (TPSA) is 56.7 Å². The van der Waals surface area contributed by atoms with E-state index >= 15 is 0 Å². The van der Waals surface area contributed by atoms with Gasteiger partial charge >= 0.3 is 0 Å². The molecule has 2 fully saturated rings. The van der Waals surface area contributed by atoms with E-state index < -0.39 is 0 Å². The maximum Gasteiger partial charge on any atom is 0.220 e. The minimum Gasteiger partial charge on any atom is -0.357 e. The SMILES string of the molecule is CCNC(=NCC(C)(C)c1ccc(F)cc1)N1CCCC2(CNC(=O)C2)C1.I. The van der Waals surface area contributed by atoms with Crippen LogP contribution in [0.15, 0.2) is 29.3 Å². The van der Waals surface area contributed by atoms with E-state index in [0.29, 0.717) is 13.0 Å². The van der Waals surface area contributed by atoms with Crippen LogP contribution in [0.3, 0.4) is 0 Å². The number of aliphatic imine (C=N–C) groups is 1. The first kappa shape index (κ1) is 22.9. The highest BCUT2D eigenvalue weighted by atomic mass is 127. The van der Waals surface area contributed by atoms with Crippen LogP contribution in [0.25, 0.3) is 0 Å². The molecule has 1 aromatic carbocycles. The van der Waals surface area contributed by atoms with Crippen molar-refractivity contribution in [2.45, 2.75) is 45.4 Å². The summed E-state index contributed by atoms with van der Waals surface area (Å²) >= 11 is 0. The van der Waals surface area contributed by atoms with Crippen LogP contribution in [0.5, 0.6) is 0 Å². The lowest BCUT2D eigenvalue weighted by atomic mass is 9.79. The first-order valence-corrected chi connectivity index (χ1v) is 9.90. The molecule has 2 heterocycles. The fourth-order valence-corrected chi connectivity index (χ4v) is 4.12. The molecule has 1 aromatic rings. The van der Waals surface area contributed by atoms with Crippen molar-refractivity contribution in [3.63, 3.8) is 0 Å². The van der Waals surface area contributed by atoms with Crippen LogP contribution in [0.4, 0.5) is 4.39 Å². The summed E-state index contributed by atoms with van der Waals surface area (Å²) in [4.78, 5) is 19.0. The highest BCUT2D eigenvalue weighted by molar-refractivity contribution is 14.0. The zero-order valence-electron chi connectivity index (χ0n) is 17.1. The standard InChI is InChI=1S/C21H31FN4O.HI/c1-4-23-19(25-13-20(2,3)16-6-8-17(22)9-7-16)26-11-5-10-21(15-26)12-18(27)24-14-21;/h6-9H,4-5,10-15H2,1-3H3,(H,23,25)(H,24,27);1H. The summed E-state index contributed by atoms with van der Waals surface area (Å²) in [7, 11) is 0. The third-order valence-electron chi connectivity index (χ3n) is 5.74. The third-order valence-corrected chi connectivity index (χ3v) is 5.74. The van der Waals surface area contributed by atoms with Crippen LogP contribution in [-0.2, 0) is 10.2 Å². The van der Waals surface area contributed by atoms with Gasteiger partial charge in [0.05, 0.1) is 6.54 Å². The average molecular weight is 502 g/mol. The molecule has 3 rings (SSSR count). The van der Waals surface area contributed by atoms with Crippen LogP contribution < -0.4 is 10.6 Å². The first-order valence-electron chi connectivity index (χ1n) is 9.90. The number of hydrogen-bond donors (Lipinski definition) is 2. The molecule has 2 aliphatic heterocycles. The number of hydrogen-bond acceptors (Lipinski definition) is 2. The van der Waals surface area contributed by atoms with Gasteiger partial charge in [-0.2, -0.15) is 0 Å². The lowest BCUT2D eigenvalue weighted by Gasteiger charge is -2.41. The van der Waals surface area contributed by atoms with Crippen LogP contribution in [0, 0.1) is 11.2 Å².